The Morgan fingerprint density at radius 1 is 1.12 bits per heavy atom. The average molecular weight is 351 g/mol. The van der Waals surface area contributed by atoms with Crippen molar-refractivity contribution in [2.75, 3.05) is 0 Å². The van der Waals surface area contributed by atoms with Crippen LogP contribution in [0.2, 0.25) is 0 Å². The number of carbonyl (C=O) groups excluding carboxylic acids is 1. The molecule has 0 bridgehead atoms. The highest BCUT2D eigenvalue weighted by molar-refractivity contribution is 7.20. The standard InChI is InChI=1S/C17H12F3NO2S/c18-12-3-6-14-11(7-12)8-15(24-14)16(22)21-9-10-1-4-13(5-2-10)23-17(19)20/h1-8,17H,9H2,(H,21,22). The van der Waals surface area contributed by atoms with Crippen LogP contribution in [0.1, 0.15) is 15.2 Å². The molecule has 0 fully saturated rings. The molecule has 7 heteroatoms. The summed E-state index contributed by atoms with van der Waals surface area (Å²) in [5, 5.41) is 3.42. The van der Waals surface area contributed by atoms with Crippen LogP contribution in [0, 0.1) is 5.82 Å². The second kappa shape index (κ2) is 6.92. The number of benzene rings is 2. The monoisotopic (exact) mass is 351 g/mol. The number of alkyl halides is 2. The second-order valence-corrected chi connectivity index (χ2v) is 6.08. The van der Waals surface area contributed by atoms with E-state index in [1.54, 1.807) is 24.3 Å². The molecule has 1 N–H and O–H groups in total. The Balaban J connectivity index is 1.63. The van der Waals surface area contributed by atoms with E-state index in [0.717, 1.165) is 10.3 Å². The molecule has 0 aliphatic rings. The maximum Gasteiger partial charge on any atom is 0.387 e. The molecule has 1 heterocycles. The van der Waals surface area contributed by atoms with Crippen molar-refractivity contribution in [3.63, 3.8) is 0 Å². The van der Waals surface area contributed by atoms with Crippen molar-refractivity contribution in [2.24, 2.45) is 0 Å². The minimum Gasteiger partial charge on any atom is -0.435 e. The summed E-state index contributed by atoms with van der Waals surface area (Å²) >= 11 is 1.28. The highest BCUT2D eigenvalue weighted by Gasteiger charge is 2.11. The highest BCUT2D eigenvalue weighted by Crippen LogP contribution is 2.26. The Bertz CT molecular complexity index is 862. The number of fused-ring (bicyclic) bond motifs is 1. The number of carbonyl (C=O) groups is 1. The lowest BCUT2D eigenvalue weighted by Gasteiger charge is -2.06. The van der Waals surface area contributed by atoms with E-state index in [4.69, 9.17) is 0 Å². The first-order valence-electron chi connectivity index (χ1n) is 7.02. The van der Waals surface area contributed by atoms with E-state index >= 15 is 0 Å². The zero-order chi connectivity index (χ0) is 17.1. The van der Waals surface area contributed by atoms with Crippen LogP contribution in [-0.2, 0) is 6.54 Å². The smallest absolute Gasteiger partial charge is 0.387 e. The molecule has 0 atom stereocenters. The van der Waals surface area contributed by atoms with Gasteiger partial charge in [-0.25, -0.2) is 4.39 Å². The molecule has 1 amide bonds. The summed E-state index contributed by atoms with van der Waals surface area (Å²) in [5.74, 6) is -0.561. The average Bonchev–Trinajstić information content (AvgIpc) is 2.96. The van der Waals surface area contributed by atoms with E-state index < -0.39 is 6.61 Å². The first-order chi connectivity index (χ1) is 11.5. The quantitative estimate of drug-likeness (QED) is 0.731. The fourth-order valence-corrected chi connectivity index (χ4v) is 3.14. The summed E-state index contributed by atoms with van der Waals surface area (Å²) in [6.45, 7) is -2.62. The third kappa shape index (κ3) is 3.86. The van der Waals surface area contributed by atoms with E-state index in [0.29, 0.717) is 10.3 Å². The lowest BCUT2D eigenvalue weighted by Crippen LogP contribution is -2.21. The van der Waals surface area contributed by atoms with Gasteiger partial charge in [-0.15, -0.1) is 11.3 Å². The molecule has 0 unspecified atom stereocenters. The van der Waals surface area contributed by atoms with Crippen LogP contribution in [0.4, 0.5) is 13.2 Å². The molecule has 0 saturated heterocycles. The summed E-state index contributed by atoms with van der Waals surface area (Å²) in [6, 6.07) is 12.0. The molecule has 0 aliphatic carbocycles. The fourth-order valence-electron chi connectivity index (χ4n) is 2.18. The molecule has 3 aromatic rings. The van der Waals surface area contributed by atoms with E-state index in [-0.39, 0.29) is 24.0 Å². The van der Waals surface area contributed by atoms with Crippen molar-refractivity contribution >= 4 is 27.3 Å². The Kier molecular flexibility index (Phi) is 4.71. The van der Waals surface area contributed by atoms with Gasteiger partial charge in [0.2, 0.25) is 0 Å². The van der Waals surface area contributed by atoms with E-state index in [9.17, 15) is 18.0 Å². The third-order valence-electron chi connectivity index (χ3n) is 3.30. The van der Waals surface area contributed by atoms with Crippen LogP contribution in [0.5, 0.6) is 5.75 Å². The van der Waals surface area contributed by atoms with Gasteiger partial charge in [-0.1, -0.05) is 12.1 Å². The summed E-state index contributed by atoms with van der Waals surface area (Å²) in [4.78, 5) is 12.6. The van der Waals surface area contributed by atoms with Crippen molar-refractivity contribution in [3.05, 3.63) is 64.8 Å². The maximum atomic E-state index is 13.2. The van der Waals surface area contributed by atoms with Crippen LogP contribution in [0.25, 0.3) is 10.1 Å². The summed E-state index contributed by atoms with van der Waals surface area (Å²) in [5.41, 5.74) is 0.747. The molecule has 1 aromatic heterocycles. The van der Waals surface area contributed by atoms with Crippen LogP contribution in [-0.4, -0.2) is 12.5 Å². The minimum atomic E-state index is -2.87. The van der Waals surface area contributed by atoms with Crippen molar-refractivity contribution in [1.82, 2.24) is 5.32 Å². The Hall–Kier alpha value is -2.54. The molecule has 3 nitrogen and oxygen atoms in total. The van der Waals surface area contributed by atoms with Crippen molar-refractivity contribution in [3.8, 4) is 5.75 Å². The number of hydrogen-bond donors (Lipinski definition) is 1. The van der Waals surface area contributed by atoms with Gasteiger partial charge < -0.3 is 10.1 Å². The molecular weight excluding hydrogens is 339 g/mol. The molecule has 124 valence electrons. The lowest BCUT2D eigenvalue weighted by atomic mass is 10.2. The number of rotatable bonds is 5. The fraction of sp³-hybridized carbons (Fsp3) is 0.118. The summed E-state index contributed by atoms with van der Waals surface area (Å²) in [7, 11) is 0. The minimum absolute atomic E-state index is 0.0617. The summed E-state index contributed by atoms with van der Waals surface area (Å²) < 4.78 is 42.4. The highest BCUT2D eigenvalue weighted by atomic mass is 32.1. The van der Waals surface area contributed by atoms with Gasteiger partial charge in [0.25, 0.3) is 5.91 Å². The van der Waals surface area contributed by atoms with Gasteiger partial charge in [0.1, 0.15) is 11.6 Å². The first kappa shape index (κ1) is 16.3. The van der Waals surface area contributed by atoms with E-state index in [1.807, 2.05) is 0 Å². The molecule has 0 radical (unpaired) electrons. The Labute approximate surface area is 139 Å². The van der Waals surface area contributed by atoms with Gasteiger partial charge in [-0.3, -0.25) is 4.79 Å². The first-order valence-corrected chi connectivity index (χ1v) is 7.84. The van der Waals surface area contributed by atoms with Crippen LogP contribution >= 0.6 is 11.3 Å². The SMILES string of the molecule is O=C(NCc1ccc(OC(F)F)cc1)c1cc2cc(F)ccc2s1. The van der Waals surface area contributed by atoms with Gasteiger partial charge in [-0.2, -0.15) is 8.78 Å². The molecule has 0 aliphatic heterocycles. The molecule has 3 rings (SSSR count). The number of nitrogens with one attached hydrogen (secondary N) is 1. The van der Waals surface area contributed by atoms with Crippen LogP contribution in [0.15, 0.2) is 48.5 Å². The van der Waals surface area contributed by atoms with Gasteiger partial charge in [-0.05, 0) is 47.3 Å². The maximum absolute atomic E-state index is 13.2. The Morgan fingerprint density at radius 3 is 2.58 bits per heavy atom. The number of amides is 1. The largest absolute Gasteiger partial charge is 0.435 e. The van der Waals surface area contributed by atoms with Gasteiger partial charge >= 0.3 is 6.61 Å². The van der Waals surface area contributed by atoms with E-state index in [1.165, 1.54) is 35.6 Å². The predicted octanol–water partition coefficient (Wildman–Crippen LogP) is 4.57. The zero-order valence-electron chi connectivity index (χ0n) is 12.3. The van der Waals surface area contributed by atoms with Gasteiger partial charge in [0, 0.05) is 11.2 Å². The van der Waals surface area contributed by atoms with Gasteiger partial charge in [0.05, 0.1) is 4.88 Å². The molecule has 0 spiro atoms. The number of ether oxygens (including phenoxy) is 1. The number of halogens is 3. The lowest BCUT2D eigenvalue weighted by molar-refractivity contribution is -0.0498. The Morgan fingerprint density at radius 2 is 1.88 bits per heavy atom. The molecule has 0 saturated carbocycles. The topological polar surface area (TPSA) is 38.3 Å². The summed E-state index contributed by atoms with van der Waals surface area (Å²) in [6.07, 6.45) is 0. The van der Waals surface area contributed by atoms with Gasteiger partial charge in [0.15, 0.2) is 0 Å². The number of hydrogen-bond acceptors (Lipinski definition) is 3. The second-order valence-electron chi connectivity index (χ2n) is 5.00. The van der Waals surface area contributed by atoms with Crippen molar-refractivity contribution in [1.29, 1.82) is 0 Å². The third-order valence-corrected chi connectivity index (χ3v) is 4.42. The normalized spacial score (nSPS) is 11.0. The van der Waals surface area contributed by atoms with Crippen molar-refractivity contribution < 1.29 is 22.7 Å². The zero-order valence-corrected chi connectivity index (χ0v) is 13.1. The molecule has 2 aromatic carbocycles. The predicted molar refractivity (Wildman–Crippen MR) is 86.0 cm³/mol. The van der Waals surface area contributed by atoms with E-state index in [2.05, 4.69) is 10.1 Å². The molecule has 24 heavy (non-hydrogen) atoms. The van der Waals surface area contributed by atoms with Crippen molar-refractivity contribution in [2.45, 2.75) is 13.2 Å². The van der Waals surface area contributed by atoms with Crippen LogP contribution < -0.4 is 10.1 Å². The number of thiophene rings is 1. The molecular formula is C17H12F3NO2S. The van der Waals surface area contributed by atoms with Crippen LogP contribution in [0.3, 0.4) is 0 Å².